The molecule has 0 fully saturated rings. The molecule has 0 bridgehead atoms. The molecule has 0 saturated heterocycles. The minimum atomic E-state index is 0.169. The molecule has 1 heterocycles. The third-order valence-corrected chi connectivity index (χ3v) is 4.42. The fraction of sp³-hybridized carbons (Fsp3) is 0.476. The number of hydrogen-bond acceptors (Lipinski definition) is 5. The molecule has 1 aromatic carbocycles. The Balaban J connectivity index is 2.46. The molecule has 1 atom stereocenters. The van der Waals surface area contributed by atoms with Gasteiger partial charge in [-0.15, -0.1) is 0 Å². The van der Waals surface area contributed by atoms with Crippen molar-refractivity contribution in [2.24, 2.45) is 0 Å². The van der Waals surface area contributed by atoms with Crippen LogP contribution in [0.2, 0.25) is 5.02 Å². The molecule has 148 valence electrons. The van der Waals surface area contributed by atoms with Crippen molar-refractivity contribution in [3.8, 4) is 17.4 Å². The van der Waals surface area contributed by atoms with Gasteiger partial charge < -0.3 is 19.5 Å². The van der Waals surface area contributed by atoms with Gasteiger partial charge in [0.1, 0.15) is 5.75 Å². The summed E-state index contributed by atoms with van der Waals surface area (Å²) in [5.74, 6) is 1.79. The number of ether oxygens (including phenoxy) is 3. The van der Waals surface area contributed by atoms with Gasteiger partial charge in [0.2, 0.25) is 5.75 Å². The number of nitrogens with one attached hydrogen (secondary N) is 1. The van der Waals surface area contributed by atoms with E-state index in [-0.39, 0.29) is 6.04 Å². The van der Waals surface area contributed by atoms with E-state index in [1.54, 1.807) is 7.11 Å². The van der Waals surface area contributed by atoms with Crippen molar-refractivity contribution < 1.29 is 14.2 Å². The molecule has 27 heavy (non-hydrogen) atoms. The molecule has 0 amide bonds. The quantitative estimate of drug-likeness (QED) is 0.594. The molecule has 5 nitrogen and oxygen atoms in total. The van der Waals surface area contributed by atoms with Crippen LogP contribution in [0, 0.1) is 20.8 Å². The summed E-state index contributed by atoms with van der Waals surface area (Å²) in [6, 6.07) is 5.90. The van der Waals surface area contributed by atoms with Crippen molar-refractivity contribution in [3.63, 3.8) is 0 Å². The largest absolute Gasteiger partial charge is 0.487 e. The van der Waals surface area contributed by atoms with Crippen molar-refractivity contribution in [3.05, 3.63) is 40.0 Å². The maximum atomic E-state index is 6.21. The van der Waals surface area contributed by atoms with Crippen LogP contribution in [0.4, 0.5) is 5.69 Å². The van der Waals surface area contributed by atoms with E-state index >= 15 is 0 Å². The first-order valence-corrected chi connectivity index (χ1v) is 9.61. The van der Waals surface area contributed by atoms with E-state index in [2.05, 4.69) is 17.2 Å². The summed E-state index contributed by atoms with van der Waals surface area (Å²) in [4.78, 5) is 4.58. The highest BCUT2D eigenvalue weighted by atomic mass is 35.5. The van der Waals surface area contributed by atoms with Gasteiger partial charge in [0.05, 0.1) is 18.9 Å². The summed E-state index contributed by atoms with van der Waals surface area (Å²) in [5.41, 5.74) is 3.59. The number of aryl methyl sites for hydroxylation is 3. The first-order chi connectivity index (χ1) is 12.9. The molecule has 6 heteroatoms. The number of hydrogen-bond donors (Lipinski definition) is 1. The average Bonchev–Trinajstić information content (AvgIpc) is 2.60. The summed E-state index contributed by atoms with van der Waals surface area (Å²) in [6.45, 7) is 11.0. The van der Waals surface area contributed by atoms with Crippen molar-refractivity contribution >= 4 is 17.3 Å². The molecule has 0 aliphatic heterocycles. The second-order valence-corrected chi connectivity index (χ2v) is 6.99. The highest BCUT2D eigenvalue weighted by Gasteiger charge is 2.19. The zero-order chi connectivity index (χ0) is 20.0. The molecule has 2 aromatic rings. The molecular formula is C21H29ClN2O3. The number of nitrogens with zero attached hydrogens (tertiary/aromatic N) is 1. The highest BCUT2D eigenvalue weighted by Crippen LogP contribution is 2.40. The number of aromatic nitrogens is 1. The number of rotatable bonds is 9. The lowest BCUT2D eigenvalue weighted by Crippen LogP contribution is -2.24. The molecule has 1 unspecified atom stereocenters. The summed E-state index contributed by atoms with van der Waals surface area (Å²) in [6.07, 6.45) is 0.923. The zero-order valence-corrected chi connectivity index (χ0v) is 17.7. The van der Waals surface area contributed by atoms with Gasteiger partial charge in [-0.3, -0.25) is 0 Å². The minimum absolute atomic E-state index is 0.169. The van der Waals surface area contributed by atoms with Gasteiger partial charge in [-0.1, -0.05) is 18.5 Å². The molecule has 0 spiro atoms. The smallest absolute Gasteiger partial charge is 0.265 e. The summed E-state index contributed by atoms with van der Waals surface area (Å²) >= 11 is 6.14. The minimum Gasteiger partial charge on any atom is -0.487 e. The van der Waals surface area contributed by atoms with Crippen molar-refractivity contribution in [2.75, 3.05) is 25.6 Å². The maximum absolute atomic E-state index is 6.21. The van der Waals surface area contributed by atoms with E-state index in [0.717, 1.165) is 34.7 Å². The molecule has 1 aromatic heterocycles. The SMILES string of the molecule is CCOc1c(NC(CC)COC)cc(C)nc1Oc1c(C)cc(Cl)cc1C. The Morgan fingerprint density at radius 3 is 2.30 bits per heavy atom. The molecule has 0 aliphatic rings. The van der Waals surface area contributed by atoms with Crippen molar-refractivity contribution in [1.29, 1.82) is 0 Å². The Labute approximate surface area is 167 Å². The maximum Gasteiger partial charge on any atom is 0.265 e. The molecule has 0 aliphatic carbocycles. The lowest BCUT2D eigenvalue weighted by molar-refractivity contribution is 0.184. The Morgan fingerprint density at radius 2 is 1.74 bits per heavy atom. The third kappa shape index (κ3) is 5.50. The van der Waals surface area contributed by atoms with Gasteiger partial charge in [-0.25, -0.2) is 4.98 Å². The van der Waals surface area contributed by atoms with E-state index in [9.17, 15) is 0 Å². The number of benzene rings is 1. The van der Waals surface area contributed by atoms with Gasteiger partial charge in [-0.2, -0.15) is 0 Å². The topological polar surface area (TPSA) is 52.6 Å². The number of pyridine rings is 1. The average molecular weight is 393 g/mol. The van der Waals surface area contributed by atoms with Crippen LogP contribution in [0.3, 0.4) is 0 Å². The van der Waals surface area contributed by atoms with Crippen LogP contribution in [0.1, 0.15) is 37.1 Å². The first kappa shape index (κ1) is 21.3. The Morgan fingerprint density at radius 1 is 1.07 bits per heavy atom. The monoisotopic (exact) mass is 392 g/mol. The second kappa shape index (κ2) is 9.81. The lowest BCUT2D eigenvalue weighted by Gasteiger charge is -2.22. The van der Waals surface area contributed by atoms with Crippen LogP contribution in [0.15, 0.2) is 18.2 Å². The van der Waals surface area contributed by atoms with Crippen LogP contribution < -0.4 is 14.8 Å². The Kier molecular flexibility index (Phi) is 7.75. The van der Waals surface area contributed by atoms with Gasteiger partial charge in [0.15, 0.2) is 0 Å². The van der Waals surface area contributed by atoms with Gasteiger partial charge >= 0.3 is 0 Å². The van der Waals surface area contributed by atoms with E-state index in [4.69, 9.17) is 25.8 Å². The number of methoxy groups -OCH3 is 1. The third-order valence-electron chi connectivity index (χ3n) is 4.20. The van der Waals surface area contributed by atoms with Crippen molar-refractivity contribution in [2.45, 2.75) is 47.1 Å². The Bertz CT molecular complexity index is 757. The highest BCUT2D eigenvalue weighted by molar-refractivity contribution is 6.30. The normalized spacial score (nSPS) is 12.0. The molecule has 1 N–H and O–H groups in total. The lowest BCUT2D eigenvalue weighted by atomic mass is 10.1. The van der Waals surface area contributed by atoms with E-state index in [1.165, 1.54) is 0 Å². The molecule has 0 radical (unpaired) electrons. The van der Waals surface area contributed by atoms with Gasteiger partial charge in [0.25, 0.3) is 5.88 Å². The fourth-order valence-electron chi connectivity index (χ4n) is 2.93. The Hall–Kier alpha value is -1.98. The number of anilines is 1. The number of halogens is 1. The predicted molar refractivity (Wildman–Crippen MR) is 111 cm³/mol. The summed E-state index contributed by atoms with van der Waals surface area (Å²) in [7, 11) is 1.70. The molecule has 0 saturated carbocycles. The standard InChI is InChI=1S/C21H29ClN2O3/c1-7-17(12-25-6)24-18-11-15(5)23-21(20(18)26-8-2)27-19-13(3)9-16(22)10-14(19)4/h9-11,17H,7-8,12H2,1-6H3,(H,23,24). The second-order valence-electron chi connectivity index (χ2n) is 6.55. The van der Waals surface area contributed by atoms with Gasteiger partial charge in [0, 0.05) is 23.9 Å². The predicted octanol–water partition coefficient (Wildman–Crippen LogP) is 5.69. The zero-order valence-electron chi connectivity index (χ0n) is 17.0. The summed E-state index contributed by atoms with van der Waals surface area (Å²) < 4.78 is 17.4. The fourth-order valence-corrected chi connectivity index (χ4v) is 3.26. The van der Waals surface area contributed by atoms with Crippen LogP contribution in [-0.4, -0.2) is 31.3 Å². The van der Waals surface area contributed by atoms with Crippen LogP contribution >= 0.6 is 11.6 Å². The molecule has 2 rings (SSSR count). The van der Waals surface area contributed by atoms with Crippen LogP contribution in [0.5, 0.6) is 17.4 Å². The van der Waals surface area contributed by atoms with Crippen LogP contribution in [0.25, 0.3) is 0 Å². The van der Waals surface area contributed by atoms with E-state index in [0.29, 0.717) is 29.9 Å². The van der Waals surface area contributed by atoms with E-state index in [1.807, 2.05) is 45.9 Å². The summed E-state index contributed by atoms with van der Waals surface area (Å²) in [5, 5.41) is 4.18. The first-order valence-electron chi connectivity index (χ1n) is 9.24. The van der Waals surface area contributed by atoms with Crippen molar-refractivity contribution in [1.82, 2.24) is 4.98 Å². The van der Waals surface area contributed by atoms with Crippen LogP contribution in [-0.2, 0) is 4.74 Å². The van der Waals surface area contributed by atoms with E-state index < -0.39 is 0 Å². The van der Waals surface area contributed by atoms with Gasteiger partial charge in [-0.05, 0) is 63.4 Å². The molecular weight excluding hydrogens is 364 g/mol.